The van der Waals surface area contributed by atoms with Crippen LogP contribution in [0.15, 0.2) is 12.3 Å². The Bertz CT molecular complexity index is 425. The van der Waals surface area contributed by atoms with Gasteiger partial charge < -0.3 is 9.47 Å². The van der Waals surface area contributed by atoms with Crippen LogP contribution < -0.4 is 0 Å². The van der Waals surface area contributed by atoms with Gasteiger partial charge in [0.05, 0.1) is 12.5 Å². The molecule has 1 saturated carbocycles. The summed E-state index contributed by atoms with van der Waals surface area (Å²) < 4.78 is 10.2. The molecule has 1 aliphatic carbocycles. The molecule has 0 unspecified atom stereocenters. The van der Waals surface area contributed by atoms with Crippen molar-refractivity contribution in [3.05, 3.63) is 12.3 Å². The lowest BCUT2D eigenvalue weighted by atomic mass is 9.63. The van der Waals surface area contributed by atoms with Crippen molar-refractivity contribution in [2.75, 3.05) is 7.11 Å². The lowest BCUT2D eigenvalue weighted by Gasteiger charge is -2.49. The van der Waals surface area contributed by atoms with E-state index >= 15 is 0 Å². The Labute approximate surface area is 112 Å². The highest BCUT2D eigenvalue weighted by Gasteiger charge is 2.54. The van der Waals surface area contributed by atoms with Gasteiger partial charge in [0.2, 0.25) is 0 Å². The second-order valence-electron chi connectivity index (χ2n) is 5.64. The van der Waals surface area contributed by atoms with Crippen molar-refractivity contribution < 1.29 is 19.1 Å². The average Bonchev–Trinajstić information content (AvgIpc) is 2.46. The average molecular weight is 265 g/mol. The summed E-state index contributed by atoms with van der Waals surface area (Å²) in [5, 5.41) is 0. The smallest absolute Gasteiger partial charge is 0.416 e. The number of fused-ring (bicyclic) bond motifs is 3. The molecule has 0 aromatic carbocycles. The zero-order valence-electron chi connectivity index (χ0n) is 11.1. The Morgan fingerprint density at radius 2 is 2.16 bits per heavy atom. The van der Waals surface area contributed by atoms with Crippen molar-refractivity contribution in [1.29, 1.82) is 0 Å². The molecule has 2 bridgehead atoms. The van der Waals surface area contributed by atoms with Gasteiger partial charge in [-0.2, -0.15) is 0 Å². The summed E-state index contributed by atoms with van der Waals surface area (Å²) >= 11 is 0. The monoisotopic (exact) mass is 265 g/mol. The van der Waals surface area contributed by atoms with Crippen molar-refractivity contribution in [2.24, 2.45) is 11.3 Å². The lowest BCUT2D eigenvalue weighted by molar-refractivity contribution is -0.190. The van der Waals surface area contributed by atoms with Crippen LogP contribution in [0.25, 0.3) is 0 Å². The van der Waals surface area contributed by atoms with Crippen LogP contribution in [0.5, 0.6) is 0 Å². The maximum Gasteiger partial charge on any atom is 0.416 e. The SMILES string of the molecule is COC(=O)N1C=C[C@@H]2C[C@H]1OC(=O)C21CCCCC1. The van der Waals surface area contributed by atoms with Crippen LogP contribution in [0.4, 0.5) is 4.79 Å². The third kappa shape index (κ3) is 1.83. The molecular formula is C14H19NO4. The fourth-order valence-electron chi connectivity index (χ4n) is 3.65. The van der Waals surface area contributed by atoms with Gasteiger partial charge >= 0.3 is 12.1 Å². The zero-order chi connectivity index (χ0) is 13.5. The number of methoxy groups -OCH3 is 1. The Hall–Kier alpha value is -1.52. The molecule has 1 saturated heterocycles. The van der Waals surface area contributed by atoms with E-state index < -0.39 is 12.3 Å². The number of esters is 1. The van der Waals surface area contributed by atoms with E-state index in [2.05, 4.69) is 0 Å². The Balaban J connectivity index is 1.88. The van der Waals surface area contributed by atoms with E-state index in [0.717, 1.165) is 25.7 Å². The van der Waals surface area contributed by atoms with Gasteiger partial charge in [-0.15, -0.1) is 0 Å². The largest absolute Gasteiger partial charge is 0.452 e. The van der Waals surface area contributed by atoms with Gasteiger partial charge in [-0.25, -0.2) is 9.69 Å². The minimum atomic E-state index is -0.498. The van der Waals surface area contributed by atoms with E-state index in [0.29, 0.717) is 6.42 Å². The van der Waals surface area contributed by atoms with Gasteiger partial charge in [0.15, 0.2) is 6.23 Å². The Morgan fingerprint density at radius 3 is 2.84 bits per heavy atom. The summed E-state index contributed by atoms with van der Waals surface area (Å²) in [6.07, 6.45) is 8.61. The standard InChI is InChI=1S/C14H19NO4/c1-18-13(17)15-8-5-10-9-11(15)19-12(16)14(10)6-3-2-4-7-14/h5,8,10-11H,2-4,6-7,9H2,1H3/t10-,11-/m1/s1. The van der Waals surface area contributed by atoms with Gasteiger partial charge in [-0.05, 0) is 12.8 Å². The van der Waals surface area contributed by atoms with Crippen molar-refractivity contribution in [2.45, 2.75) is 44.8 Å². The van der Waals surface area contributed by atoms with Gasteiger partial charge in [-0.1, -0.05) is 25.3 Å². The van der Waals surface area contributed by atoms with Crippen LogP contribution >= 0.6 is 0 Å². The highest BCUT2D eigenvalue weighted by molar-refractivity contribution is 5.80. The molecule has 1 amide bonds. The zero-order valence-corrected chi connectivity index (χ0v) is 11.1. The molecule has 1 spiro atoms. The summed E-state index contributed by atoms with van der Waals surface area (Å²) in [6, 6.07) is 0. The summed E-state index contributed by atoms with van der Waals surface area (Å²) in [4.78, 5) is 25.4. The number of hydrogen-bond donors (Lipinski definition) is 0. The van der Waals surface area contributed by atoms with Crippen molar-refractivity contribution in [1.82, 2.24) is 4.90 Å². The first-order chi connectivity index (χ1) is 9.17. The van der Waals surface area contributed by atoms with Gasteiger partial charge in [0.25, 0.3) is 0 Å². The molecule has 2 atom stereocenters. The maximum absolute atomic E-state index is 12.4. The maximum atomic E-state index is 12.4. The van der Waals surface area contributed by atoms with Crippen molar-refractivity contribution in [3.63, 3.8) is 0 Å². The molecule has 0 N–H and O–H groups in total. The van der Waals surface area contributed by atoms with Crippen LogP contribution in [-0.4, -0.2) is 30.3 Å². The molecule has 2 aliphatic heterocycles. The fraction of sp³-hybridized carbons (Fsp3) is 0.714. The van der Waals surface area contributed by atoms with E-state index in [4.69, 9.17) is 9.47 Å². The third-order valence-electron chi connectivity index (χ3n) is 4.74. The molecule has 2 heterocycles. The molecule has 19 heavy (non-hydrogen) atoms. The predicted octanol–water partition coefficient (Wildman–Crippen LogP) is 2.42. The molecule has 0 radical (unpaired) electrons. The van der Waals surface area contributed by atoms with E-state index in [9.17, 15) is 9.59 Å². The van der Waals surface area contributed by atoms with E-state index in [-0.39, 0.29) is 17.3 Å². The second-order valence-corrected chi connectivity index (χ2v) is 5.64. The summed E-state index contributed by atoms with van der Waals surface area (Å²) in [6.45, 7) is 0. The Kier molecular flexibility index (Phi) is 2.99. The van der Waals surface area contributed by atoms with E-state index in [1.165, 1.54) is 18.4 Å². The van der Waals surface area contributed by atoms with Crippen LogP contribution in [0, 0.1) is 11.3 Å². The summed E-state index contributed by atoms with van der Waals surface area (Å²) in [7, 11) is 1.33. The number of hydrogen-bond acceptors (Lipinski definition) is 4. The molecule has 2 fully saturated rings. The second kappa shape index (κ2) is 4.54. The molecule has 3 aliphatic rings. The van der Waals surface area contributed by atoms with Crippen LogP contribution in [0.3, 0.4) is 0 Å². The summed E-state index contributed by atoms with van der Waals surface area (Å²) in [5.74, 6) is 0.0617. The number of amides is 1. The third-order valence-corrected chi connectivity index (χ3v) is 4.74. The fourth-order valence-corrected chi connectivity index (χ4v) is 3.65. The molecule has 5 nitrogen and oxygen atoms in total. The molecule has 0 aromatic heterocycles. The first-order valence-electron chi connectivity index (χ1n) is 6.93. The topological polar surface area (TPSA) is 55.8 Å². The lowest BCUT2D eigenvalue weighted by Crippen LogP contribution is -2.55. The van der Waals surface area contributed by atoms with Crippen LogP contribution in [-0.2, 0) is 14.3 Å². The first kappa shape index (κ1) is 12.5. The van der Waals surface area contributed by atoms with Gasteiger partial charge in [0, 0.05) is 18.5 Å². The van der Waals surface area contributed by atoms with Gasteiger partial charge in [0.1, 0.15) is 0 Å². The van der Waals surface area contributed by atoms with Crippen molar-refractivity contribution in [3.8, 4) is 0 Å². The molecule has 104 valence electrons. The molecular weight excluding hydrogens is 246 g/mol. The highest BCUT2D eigenvalue weighted by atomic mass is 16.6. The first-order valence-corrected chi connectivity index (χ1v) is 6.93. The van der Waals surface area contributed by atoms with Gasteiger partial charge in [-0.3, -0.25) is 4.79 Å². The number of nitrogens with zero attached hydrogens (tertiary/aromatic N) is 1. The predicted molar refractivity (Wildman–Crippen MR) is 66.9 cm³/mol. The number of carbonyl (C=O) groups excluding carboxylic acids is 2. The summed E-state index contributed by atoms with van der Waals surface area (Å²) in [5.41, 5.74) is -0.340. The minimum absolute atomic E-state index is 0.133. The van der Waals surface area contributed by atoms with E-state index in [1.807, 2.05) is 6.08 Å². The highest BCUT2D eigenvalue weighted by Crippen LogP contribution is 2.50. The van der Waals surface area contributed by atoms with Crippen LogP contribution in [0.2, 0.25) is 0 Å². The normalized spacial score (nSPS) is 32.1. The minimum Gasteiger partial charge on any atom is -0.452 e. The molecule has 5 heteroatoms. The molecule has 3 rings (SSSR count). The quantitative estimate of drug-likeness (QED) is 0.631. The number of rotatable bonds is 0. The Morgan fingerprint density at radius 1 is 1.42 bits per heavy atom. The molecule has 0 aromatic rings. The number of ether oxygens (including phenoxy) is 2. The number of allylic oxidation sites excluding steroid dienone is 1. The van der Waals surface area contributed by atoms with Crippen molar-refractivity contribution >= 4 is 12.1 Å². The van der Waals surface area contributed by atoms with E-state index in [1.54, 1.807) is 6.20 Å². The van der Waals surface area contributed by atoms with Crippen LogP contribution in [0.1, 0.15) is 38.5 Å². The number of carbonyl (C=O) groups is 2.